The van der Waals surface area contributed by atoms with Gasteiger partial charge in [0.05, 0.1) is 12.3 Å². The Bertz CT molecular complexity index is 1040. The van der Waals surface area contributed by atoms with Crippen LogP contribution in [0.4, 0.5) is 5.69 Å². The molecule has 1 amide bonds. The van der Waals surface area contributed by atoms with E-state index >= 15 is 0 Å². The van der Waals surface area contributed by atoms with E-state index in [0.717, 1.165) is 29.1 Å². The number of carbonyl (C=O) groups excluding carboxylic acids is 1. The van der Waals surface area contributed by atoms with Crippen molar-refractivity contribution in [2.45, 2.75) is 40.2 Å². The molecule has 3 aromatic rings. The molecular formula is C19H21N5O3. The van der Waals surface area contributed by atoms with Gasteiger partial charge in [0.1, 0.15) is 17.6 Å². The maximum Gasteiger partial charge on any atom is 0.295 e. The van der Waals surface area contributed by atoms with Crippen molar-refractivity contribution in [3.8, 4) is 11.5 Å². The molecule has 1 aliphatic heterocycles. The Hall–Kier alpha value is -3.16. The molecule has 3 heterocycles. The Balaban J connectivity index is 1.66. The minimum absolute atomic E-state index is 0.0495. The summed E-state index contributed by atoms with van der Waals surface area (Å²) >= 11 is 0. The number of benzene rings is 1. The number of hydrogen-bond acceptors (Lipinski definition) is 6. The van der Waals surface area contributed by atoms with Gasteiger partial charge in [-0.05, 0) is 39.8 Å². The van der Waals surface area contributed by atoms with Crippen molar-refractivity contribution in [3.63, 3.8) is 0 Å². The van der Waals surface area contributed by atoms with E-state index in [1.54, 1.807) is 10.6 Å². The third kappa shape index (κ3) is 3.18. The molecule has 1 N–H and O–H groups in total. The van der Waals surface area contributed by atoms with Gasteiger partial charge in [0.2, 0.25) is 5.82 Å². The summed E-state index contributed by atoms with van der Waals surface area (Å²) in [4.78, 5) is 21.3. The molecule has 2 aromatic heterocycles. The van der Waals surface area contributed by atoms with Crippen molar-refractivity contribution >= 4 is 17.4 Å². The fraction of sp³-hybridized carbons (Fsp3) is 0.368. The Kier molecular flexibility index (Phi) is 4.18. The maximum absolute atomic E-state index is 12.7. The summed E-state index contributed by atoms with van der Waals surface area (Å²) in [6.45, 7) is 8.17. The number of nitrogens with one attached hydrogen (secondary N) is 1. The quantitative estimate of drug-likeness (QED) is 0.762. The van der Waals surface area contributed by atoms with Crippen LogP contribution in [-0.2, 0) is 6.42 Å². The Morgan fingerprint density at radius 1 is 1.33 bits per heavy atom. The smallest absolute Gasteiger partial charge is 0.295 e. The fourth-order valence-electron chi connectivity index (χ4n) is 3.25. The van der Waals surface area contributed by atoms with E-state index in [4.69, 9.17) is 9.47 Å². The van der Waals surface area contributed by atoms with Gasteiger partial charge in [-0.1, -0.05) is 0 Å². The van der Waals surface area contributed by atoms with Gasteiger partial charge in [0, 0.05) is 29.4 Å². The van der Waals surface area contributed by atoms with Crippen LogP contribution >= 0.6 is 0 Å². The molecule has 1 atom stereocenters. The molecule has 0 spiro atoms. The zero-order valence-electron chi connectivity index (χ0n) is 15.7. The number of aromatic nitrogens is 4. The summed E-state index contributed by atoms with van der Waals surface area (Å²) in [7, 11) is 0. The highest BCUT2D eigenvalue weighted by molar-refractivity contribution is 6.02. The summed E-state index contributed by atoms with van der Waals surface area (Å²) in [5.41, 5.74) is 3.29. The van der Waals surface area contributed by atoms with Crippen LogP contribution in [0.15, 0.2) is 18.2 Å². The van der Waals surface area contributed by atoms with Crippen LogP contribution in [0.25, 0.3) is 5.78 Å². The minimum atomic E-state index is -0.426. The molecule has 0 aliphatic carbocycles. The number of fused-ring (bicyclic) bond motifs is 2. The van der Waals surface area contributed by atoms with Gasteiger partial charge in [-0.2, -0.15) is 4.98 Å². The second-order valence-electron chi connectivity index (χ2n) is 6.66. The number of ether oxygens (including phenoxy) is 2. The van der Waals surface area contributed by atoms with Gasteiger partial charge in [0.15, 0.2) is 0 Å². The molecule has 27 heavy (non-hydrogen) atoms. The van der Waals surface area contributed by atoms with E-state index in [-0.39, 0.29) is 11.9 Å². The molecule has 0 saturated carbocycles. The van der Waals surface area contributed by atoms with Crippen molar-refractivity contribution in [3.05, 3.63) is 41.0 Å². The largest absolute Gasteiger partial charge is 0.492 e. The van der Waals surface area contributed by atoms with Crippen LogP contribution in [0.5, 0.6) is 11.5 Å². The second kappa shape index (κ2) is 6.53. The normalized spacial score (nSPS) is 15.5. The molecule has 0 fully saturated rings. The van der Waals surface area contributed by atoms with Crippen molar-refractivity contribution in [1.82, 2.24) is 19.6 Å². The fourth-order valence-corrected chi connectivity index (χ4v) is 3.25. The number of rotatable bonds is 4. The molecule has 0 unspecified atom stereocenters. The Labute approximate surface area is 156 Å². The predicted molar refractivity (Wildman–Crippen MR) is 99.6 cm³/mol. The van der Waals surface area contributed by atoms with Crippen molar-refractivity contribution in [2.75, 3.05) is 11.9 Å². The number of anilines is 1. The monoisotopic (exact) mass is 367 g/mol. The molecule has 8 nitrogen and oxygen atoms in total. The zero-order chi connectivity index (χ0) is 19.1. The van der Waals surface area contributed by atoms with E-state index in [9.17, 15) is 4.79 Å². The van der Waals surface area contributed by atoms with Crippen molar-refractivity contribution in [2.24, 2.45) is 0 Å². The lowest BCUT2D eigenvalue weighted by atomic mass is 10.1. The van der Waals surface area contributed by atoms with Gasteiger partial charge in [-0.3, -0.25) is 4.79 Å². The van der Waals surface area contributed by atoms with Crippen LogP contribution in [0.2, 0.25) is 0 Å². The van der Waals surface area contributed by atoms with Crippen molar-refractivity contribution in [1.29, 1.82) is 0 Å². The van der Waals surface area contributed by atoms with Crippen LogP contribution in [0.3, 0.4) is 0 Å². The number of amides is 1. The third-order valence-electron chi connectivity index (χ3n) is 4.37. The first-order chi connectivity index (χ1) is 12.9. The van der Waals surface area contributed by atoms with Crippen LogP contribution < -0.4 is 14.8 Å². The highest BCUT2D eigenvalue weighted by Crippen LogP contribution is 2.38. The van der Waals surface area contributed by atoms with Gasteiger partial charge in [-0.15, -0.1) is 5.10 Å². The average molecular weight is 367 g/mol. The van der Waals surface area contributed by atoms with Crippen molar-refractivity contribution < 1.29 is 14.3 Å². The first kappa shape index (κ1) is 17.3. The Morgan fingerprint density at radius 3 is 2.93 bits per heavy atom. The number of aryl methyl sites for hydroxylation is 2. The van der Waals surface area contributed by atoms with Crippen LogP contribution in [-0.4, -0.2) is 38.2 Å². The van der Waals surface area contributed by atoms with Gasteiger partial charge in [0.25, 0.3) is 11.7 Å². The van der Waals surface area contributed by atoms with E-state index in [0.29, 0.717) is 23.8 Å². The van der Waals surface area contributed by atoms with E-state index in [2.05, 4.69) is 20.4 Å². The predicted octanol–water partition coefficient (Wildman–Crippen LogP) is 2.72. The second-order valence-corrected chi connectivity index (χ2v) is 6.66. The number of nitrogens with zero attached hydrogens (tertiary/aromatic N) is 4. The first-order valence-corrected chi connectivity index (χ1v) is 8.93. The molecule has 0 radical (unpaired) electrons. The molecule has 0 bridgehead atoms. The van der Waals surface area contributed by atoms with Gasteiger partial charge < -0.3 is 14.8 Å². The average Bonchev–Trinajstić information content (AvgIpc) is 3.17. The molecule has 1 aromatic carbocycles. The molecule has 1 aliphatic rings. The highest BCUT2D eigenvalue weighted by atomic mass is 16.5. The van der Waals surface area contributed by atoms with Crippen LogP contribution in [0.1, 0.15) is 41.4 Å². The summed E-state index contributed by atoms with van der Waals surface area (Å²) in [5.74, 6) is 1.39. The molecule has 8 heteroatoms. The molecular weight excluding hydrogens is 346 g/mol. The van der Waals surface area contributed by atoms with Crippen LogP contribution in [0, 0.1) is 13.8 Å². The summed E-state index contributed by atoms with van der Waals surface area (Å²) in [5, 5.41) is 7.11. The van der Waals surface area contributed by atoms with Gasteiger partial charge in [-0.25, -0.2) is 9.50 Å². The number of carbonyl (C=O) groups is 1. The lowest BCUT2D eigenvalue weighted by molar-refractivity contribution is 0.101. The molecule has 0 saturated heterocycles. The lowest BCUT2D eigenvalue weighted by Crippen LogP contribution is -2.15. The third-order valence-corrected chi connectivity index (χ3v) is 4.37. The van der Waals surface area contributed by atoms with Gasteiger partial charge >= 0.3 is 0 Å². The highest BCUT2D eigenvalue weighted by Gasteiger charge is 2.24. The Morgan fingerprint density at radius 2 is 2.15 bits per heavy atom. The minimum Gasteiger partial charge on any atom is -0.492 e. The molecule has 140 valence electrons. The van der Waals surface area contributed by atoms with E-state index in [1.165, 1.54) is 0 Å². The maximum atomic E-state index is 12.7. The van der Waals surface area contributed by atoms with E-state index < -0.39 is 5.91 Å². The van der Waals surface area contributed by atoms with E-state index in [1.807, 2.05) is 39.8 Å². The number of hydrogen-bond donors (Lipinski definition) is 1. The topological polar surface area (TPSA) is 90.6 Å². The lowest BCUT2D eigenvalue weighted by Gasteiger charge is -2.12. The zero-order valence-corrected chi connectivity index (χ0v) is 15.7. The SMILES string of the molecule is CCOc1cc2c(cc1NC(=O)c1nc3nc(C)cc(C)n3n1)O[C@@H](C)C2. The molecule has 4 rings (SSSR count). The summed E-state index contributed by atoms with van der Waals surface area (Å²) in [6.07, 6.45) is 0.930. The first-order valence-electron chi connectivity index (χ1n) is 8.93. The summed E-state index contributed by atoms with van der Waals surface area (Å²) in [6, 6.07) is 5.60. The standard InChI is InChI=1S/C19H21N5O3/c1-5-26-16-8-13-7-12(4)27-15(13)9-14(16)21-18(25)17-22-19-20-10(2)6-11(3)24(19)23-17/h6,8-9,12H,5,7H2,1-4H3,(H,21,25)/t12-/m0/s1. The summed E-state index contributed by atoms with van der Waals surface area (Å²) < 4.78 is 13.0.